The Hall–Kier alpha value is -2.91. The van der Waals surface area contributed by atoms with E-state index < -0.39 is 17.6 Å². The van der Waals surface area contributed by atoms with E-state index in [1.807, 2.05) is 0 Å². The van der Waals surface area contributed by atoms with E-state index in [9.17, 15) is 14.0 Å². The number of hydrogen-bond acceptors (Lipinski definition) is 5. The van der Waals surface area contributed by atoms with Crippen LogP contribution >= 0.6 is 23.4 Å². The summed E-state index contributed by atoms with van der Waals surface area (Å²) in [5.74, 6) is -0.873. The average molecular weight is 406 g/mol. The summed E-state index contributed by atoms with van der Waals surface area (Å²) in [4.78, 5) is 27.9. The van der Waals surface area contributed by atoms with Crippen LogP contribution in [0.4, 0.5) is 4.39 Å². The minimum atomic E-state index is -0.545. The lowest BCUT2D eigenvalue weighted by Gasteiger charge is -2.06. The topological polar surface area (TPSA) is 99.8 Å². The number of aromatic amines is 1. The standard InChI is InChI=1S/C17H13ClFN5O2S/c18-12-5-1-10(2-6-12)15-20-17(24-22-15)27-9-14(25)21-23-16(26)11-3-7-13(19)8-4-11/h1-8H,9H2,(H,21,25)(H,23,26)(H,20,22,24). The number of hydrazine groups is 1. The molecule has 0 saturated carbocycles. The molecule has 3 rings (SSSR count). The summed E-state index contributed by atoms with van der Waals surface area (Å²) in [7, 11) is 0. The highest BCUT2D eigenvalue weighted by Crippen LogP contribution is 2.20. The largest absolute Gasteiger partial charge is 0.272 e. The minimum Gasteiger partial charge on any atom is -0.272 e. The van der Waals surface area contributed by atoms with Crippen LogP contribution in [-0.4, -0.2) is 32.7 Å². The van der Waals surface area contributed by atoms with Crippen LogP contribution in [-0.2, 0) is 4.79 Å². The van der Waals surface area contributed by atoms with Crippen LogP contribution in [0.25, 0.3) is 11.4 Å². The Bertz CT molecular complexity index is 947. The number of nitrogens with zero attached hydrogens (tertiary/aromatic N) is 2. The molecule has 0 unspecified atom stereocenters. The summed E-state index contributed by atoms with van der Waals surface area (Å²) in [6.07, 6.45) is 0. The fraction of sp³-hybridized carbons (Fsp3) is 0.0588. The van der Waals surface area contributed by atoms with Crippen molar-refractivity contribution in [3.05, 3.63) is 64.9 Å². The van der Waals surface area contributed by atoms with Gasteiger partial charge in [-0.3, -0.25) is 25.5 Å². The number of amides is 2. The third-order valence-electron chi connectivity index (χ3n) is 3.34. The fourth-order valence-corrected chi connectivity index (χ4v) is 2.74. The van der Waals surface area contributed by atoms with Crippen molar-refractivity contribution in [1.82, 2.24) is 26.0 Å². The number of hydrogen-bond donors (Lipinski definition) is 3. The third-order valence-corrected chi connectivity index (χ3v) is 4.44. The van der Waals surface area contributed by atoms with Crippen LogP contribution in [0.1, 0.15) is 10.4 Å². The number of halogens is 2. The van der Waals surface area contributed by atoms with Crippen LogP contribution in [0, 0.1) is 5.82 Å². The monoisotopic (exact) mass is 405 g/mol. The lowest BCUT2D eigenvalue weighted by molar-refractivity contribution is -0.119. The predicted octanol–water partition coefficient (Wildman–Crippen LogP) is 2.82. The van der Waals surface area contributed by atoms with Crippen molar-refractivity contribution in [1.29, 1.82) is 0 Å². The van der Waals surface area contributed by atoms with E-state index in [0.717, 1.165) is 29.5 Å². The molecule has 7 nitrogen and oxygen atoms in total. The average Bonchev–Trinajstić information content (AvgIpc) is 3.14. The second-order valence-electron chi connectivity index (χ2n) is 5.27. The molecule has 138 valence electrons. The summed E-state index contributed by atoms with van der Waals surface area (Å²) >= 11 is 6.95. The molecular formula is C17H13ClFN5O2S. The Morgan fingerprint density at radius 3 is 2.48 bits per heavy atom. The van der Waals surface area contributed by atoms with Crippen molar-refractivity contribution >= 4 is 35.2 Å². The minimum absolute atomic E-state index is 0.00160. The first-order valence-electron chi connectivity index (χ1n) is 7.67. The quantitative estimate of drug-likeness (QED) is 0.447. The molecule has 1 heterocycles. The van der Waals surface area contributed by atoms with Gasteiger partial charge in [-0.1, -0.05) is 23.4 Å². The Kier molecular flexibility index (Phi) is 6.05. The predicted molar refractivity (Wildman–Crippen MR) is 99.6 cm³/mol. The van der Waals surface area contributed by atoms with Gasteiger partial charge in [-0.05, 0) is 48.5 Å². The van der Waals surface area contributed by atoms with E-state index in [0.29, 0.717) is 16.0 Å². The van der Waals surface area contributed by atoms with E-state index in [2.05, 4.69) is 26.0 Å². The summed E-state index contributed by atoms with van der Waals surface area (Å²) in [6, 6.07) is 12.0. The lowest BCUT2D eigenvalue weighted by atomic mass is 10.2. The molecule has 0 aliphatic rings. The Balaban J connectivity index is 1.47. The van der Waals surface area contributed by atoms with Crippen LogP contribution in [0.5, 0.6) is 0 Å². The van der Waals surface area contributed by atoms with Crippen LogP contribution in [0.3, 0.4) is 0 Å². The first-order chi connectivity index (χ1) is 13.0. The number of nitrogens with one attached hydrogen (secondary N) is 3. The second kappa shape index (κ2) is 8.65. The van der Waals surface area contributed by atoms with Gasteiger partial charge in [0.15, 0.2) is 5.82 Å². The zero-order valence-electron chi connectivity index (χ0n) is 13.7. The number of H-pyrrole nitrogens is 1. The van der Waals surface area contributed by atoms with Crippen molar-refractivity contribution in [2.24, 2.45) is 0 Å². The van der Waals surface area contributed by atoms with Crippen molar-refractivity contribution in [3.63, 3.8) is 0 Å². The molecule has 0 atom stereocenters. The smallest absolute Gasteiger partial charge is 0.269 e. The zero-order chi connectivity index (χ0) is 19.2. The fourth-order valence-electron chi connectivity index (χ4n) is 2.01. The summed E-state index contributed by atoms with van der Waals surface area (Å²) in [5.41, 5.74) is 5.57. The second-order valence-corrected chi connectivity index (χ2v) is 6.65. The van der Waals surface area contributed by atoms with Crippen molar-refractivity contribution in [2.45, 2.75) is 5.16 Å². The lowest BCUT2D eigenvalue weighted by Crippen LogP contribution is -2.42. The highest BCUT2D eigenvalue weighted by Gasteiger charge is 2.11. The summed E-state index contributed by atoms with van der Waals surface area (Å²) in [6.45, 7) is 0. The first-order valence-corrected chi connectivity index (χ1v) is 9.03. The van der Waals surface area contributed by atoms with Crippen LogP contribution in [0.2, 0.25) is 5.02 Å². The first kappa shape index (κ1) is 18.9. The molecule has 27 heavy (non-hydrogen) atoms. The van der Waals surface area contributed by atoms with Gasteiger partial charge in [0.2, 0.25) is 11.1 Å². The molecule has 0 aliphatic heterocycles. The SMILES string of the molecule is O=C(CSc1n[nH]c(-c2ccc(Cl)cc2)n1)NNC(=O)c1ccc(F)cc1. The molecule has 10 heteroatoms. The molecule has 0 fully saturated rings. The van der Waals surface area contributed by atoms with Gasteiger partial charge in [0.05, 0.1) is 5.75 Å². The molecule has 3 N–H and O–H groups in total. The molecule has 0 aliphatic carbocycles. The maximum absolute atomic E-state index is 12.8. The van der Waals surface area contributed by atoms with Gasteiger partial charge in [0.1, 0.15) is 5.82 Å². The Labute approximate surface area is 162 Å². The maximum Gasteiger partial charge on any atom is 0.269 e. The third kappa shape index (κ3) is 5.28. The normalized spacial score (nSPS) is 10.4. The maximum atomic E-state index is 12.8. The van der Waals surface area contributed by atoms with Gasteiger partial charge in [-0.2, -0.15) is 0 Å². The Morgan fingerprint density at radius 1 is 1.07 bits per heavy atom. The van der Waals surface area contributed by atoms with E-state index >= 15 is 0 Å². The van der Waals surface area contributed by atoms with E-state index in [4.69, 9.17) is 11.6 Å². The molecule has 2 amide bonds. The number of benzene rings is 2. The van der Waals surface area contributed by atoms with Gasteiger partial charge < -0.3 is 0 Å². The summed E-state index contributed by atoms with van der Waals surface area (Å²) in [5, 5.41) is 7.82. The van der Waals surface area contributed by atoms with E-state index in [1.54, 1.807) is 24.3 Å². The van der Waals surface area contributed by atoms with Gasteiger partial charge in [-0.15, -0.1) is 5.10 Å². The zero-order valence-corrected chi connectivity index (χ0v) is 15.3. The summed E-state index contributed by atoms with van der Waals surface area (Å²) < 4.78 is 12.8. The molecule has 0 saturated heterocycles. The van der Waals surface area contributed by atoms with Crippen molar-refractivity contribution < 1.29 is 14.0 Å². The van der Waals surface area contributed by atoms with Gasteiger partial charge in [0, 0.05) is 16.1 Å². The molecule has 0 spiro atoms. The van der Waals surface area contributed by atoms with E-state index in [1.165, 1.54) is 12.1 Å². The van der Waals surface area contributed by atoms with Crippen molar-refractivity contribution in [2.75, 3.05) is 5.75 Å². The molecular weight excluding hydrogens is 393 g/mol. The van der Waals surface area contributed by atoms with Crippen LogP contribution < -0.4 is 10.9 Å². The number of rotatable bonds is 5. The molecule has 1 aromatic heterocycles. The van der Waals surface area contributed by atoms with E-state index in [-0.39, 0.29) is 11.3 Å². The van der Waals surface area contributed by atoms with Crippen molar-refractivity contribution in [3.8, 4) is 11.4 Å². The van der Waals surface area contributed by atoms with Gasteiger partial charge in [0.25, 0.3) is 5.91 Å². The molecule has 0 bridgehead atoms. The number of carbonyl (C=O) groups excluding carboxylic acids is 2. The van der Waals surface area contributed by atoms with Gasteiger partial charge >= 0.3 is 0 Å². The number of thioether (sulfide) groups is 1. The highest BCUT2D eigenvalue weighted by molar-refractivity contribution is 7.99. The highest BCUT2D eigenvalue weighted by atomic mass is 35.5. The molecule has 2 aromatic carbocycles. The Morgan fingerprint density at radius 2 is 1.78 bits per heavy atom. The van der Waals surface area contributed by atoms with Crippen LogP contribution in [0.15, 0.2) is 53.7 Å². The molecule has 3 aromatic rings. The van der Waals surface area contributed by atoms with Gasteiger partial charge in [-0.25, -0.2) is 9.37 Å². The number of carbonyl (C=O) groups is 2. The number of aromatic nitrogens is 3. The molecule has 0 radical (unpaired) electrons.